The van der Waals surface area contributed by atoms with Crippen molar-refractivity contribution >= 4 is 16.8 Å². The molecule has 0 bridgehead atoms. The van der Waals surface area contributed by atoms with E-state index in [0.717, 1.165) is 55.4 Å². The lowest BCUT2D eigenvalue weighted by Crippen LogP contribution is -2.41. The minimum Gasteiger partial charge on any atom is -0.508 e. The van der Waals surface area contributed by atoms with Gasteiger partial charge in [-0.15, -0.1) is 0 Å². The predicted octanol–water partition coefficient (Wildman–Crippen LogP) is 4.38. The number of carbonyl (C=O) groups is 1. The van der Waals surface area contributed by atoms with Gasteiger partial charge in [0.25, 0.3) is 0 Å². The second kappa shape index (κ2) is 7.95. The minimum absolute atomic E-state index is 0.0238. The zero-order chi connectivity index (χ0) is 20.4. The quantitative estimate of drug-likeness (QED) is 0.542. The topological polar surface area (TPSA) is 90.9 Å². The molecule has 3 N–H and O–H groups in total. The summed E-state index contributed by atoms with van der Waals surface area (Å²) in [6.45, 7) is 6.05. The average Bonchev–Trinajstić information content (AvgIpc) is 3.09. The molecule has 0 radical (unpaired) electrons. The molecule has 2 aromatic heterocycles. The molecule has 3 heterocycles. The summed E-state index contributed by atoms with van der Waals surface area (Å²) < 4.78 is 0. The van der Waals surface area contributed by atoms with Gasteiger partial charge in [0.2, 0.25) is 0 Å². The van der Waals surface area contributed by atoms with E-state index in [-0.39, 0.29) is 16.9 Å². The van der Waals surface area contributed by atoms with E-state index in [2.05, 4.69) is 27.4 Å². The maximum absolute atomic E-state index is 13.6. The van der Waals surface area contributed by atoms with Crippen molar-refractivity contribution in [1.82, 2.24) is 20.5 Å². The van der Waals surface area contributed by atoms with Gasteiger partial charge < -0.3 is 10.4 Å². The van der Waals surface area contributed by atoms with Crippen molar-refractivity contribution in [2.45, 2.75) is 46.0 Å². The van der Waals surface area contributed by atoms with Crippen LogP contribution in [0.3, 0.4) is 0 Å². The molecule has 0 amide bonds. The molecule has 1 unspecified atom stereocenters. The SMILES string of the molecule is CCCC1(CC(=O)c2cc(-c3ccc(O)cc3)nc3n[nH]c(C)c23)CCCNC1. The van der Waals surface area contributed by atoms with Crippen LogP contribution in [-0.4, -0.2) is 39.2 Å². The molecule has 1 atom stereocenters. The van der Waals surface area contributed by atoms with E-state index in [1.54, 1.807) is 24.3 Å². The first-order valence-electron chi connectivity index (χ1n) is 10.4. The third-order valence-electron chi connectivity index (χ3n) is 6.04. The number of phenolic OH excluding ortho intramolecular Hbond substituents is 1. The van der Waals surface area contributed by atoms with Gasteiger partial charge in [0.15, 0.2) is 11.4 Å². The number of aromatic amines is 1. The number of piperidine rings is 1. The number of aryl methyl sites for hydroxylation is 1. The third kappa shape index (κ3) is 3.90. The van der Waals surface area contributed by atoms with E-state index < -0.39 is 0 Å². The van der Waals surface area contributed by atoms with Gasteiger partial charge in [-0.1, -0.05) is 13.3 Å². The summed E-state index contributed by atoms with van der Waals surface area (Å²) in [6.07, 6.45) is 4.86. The number of benzene rings is 1. The number of nitrogens with one attached hydrogen (secondary N) is 2. The number of ketones is 1. The molecule has 0 spiro atoms. The van der Waals surface area contributed by atoms with E-state index >= 15 is 0 Å². The summed E-state index contributed by atoms with van der Waals surface area (Å²) in [4.78, 5) is 18.2. The van der Waals surface area contributed by atoms with Crippen LogP contribution in [0.1, 0.15) is 55.1 Å². The Hall–Kier alpha value is -2.73. The summed E-state index contributed by atoms with van der Waals surface area (Å²) in [7, 11) is 0. The van der Waals surface area contributed by atoms with Crippen LogP contribution in [0.25, 0.3) is 22.3 Å². The molecule has 6 heteroatoms. The van der Waals surface area contributed by atoms with Crippen molar-refractivity contribution in [3.05, 3.63) is 41.6 Å². The largest absolute Gasteiger partial charge is 0.508 e. The van der Waals surface area contributed by atoms with Gasteiger partial charge in [0.05, 0.1) is 11.1 Å². The van der Waals surface area contributed by atoms with Crippen molar-refractivity contribution in [1.29, 1.82) is 0 Å². The molecular formula is C23H28N4O2. The van der Waals surface area contributed by atoms with Gasteiger partial charge >= 0.3 is 0 Å². The van der Waals surface area contributed by atoms with Crippen LogP contribution in [0, 0.1) is 12.3 Å². The number of pyridine rings is 1. The van der Waals surface area contributed by atoms with Crippen LogP contribution < -0.4 is 5.32 Å². The zero-order valence-electron chi connectivity index (χ0n) is 17.1. The smallest absolute Gasteiger partial charge is 0.182 e. The molecule has 1 aliphatic rings. The first kappa shape index (κ1) is 19.6. The normalized spacial score (nSPS) is 19.5. The number of hydrogen-bond acceptors (Lipinski definition) is 5. The number of nitrogens with zero attached hydrogens (tertiary/aromatic N) is 2. The van der Waals surface area contributed by atoms with Crippen LogP contribution in [0.2, 0.25) is 0 Å². The first-order chi connectivity index (χ1) is 14.0. The van der Waals surface area contributed by atoms with Crippen LogP contribution >= 0.6 is 0 Å². The van der Waals surface area contributed by atoms with Crippen LogP contribution in [-0.2, 0) is 0 Å². The van der Waals surface area contributed by atoms with E-state index in [4.69, 9.17) is 0 Å². The van der Waals surface area contributed by atoms with E-state index in [1.807, 2.05) is 13.0 Å². The van der Waals surface area contributed by atoms with Gasteiger partial charge in [0.1, 0.15) is 5.75 Å². The summed E-state index contributed by atoms with van der Waals surface area (Å²) in [6, 6.07) is 8.75. The molecular weight excluding hydrogens is 364 g/mol. The molecule has 1 fully saturated rings. The van der Waals surface area contributed by atoms with Crippen molar-refractivity contribution in [2.75, 3.05) is 13.1 Å². The maximum atomic E-state index is 13.6. The fourth-order valence-corrected chi connectivity index (χ4v) is 4.62. The van der Waals surface area contributed by atoms with Gasteiger partial charge in [0, 0.05) is 29.8 Å². The highest BCUT2D eigenvalue weighted by molar-refractivity contribution is 6.08. The molecule has 1 saturated heterocycles. The molecule has 1 aromatic carbocycles. The number of aromatic nitrogens is 3. The first-order valence-corrected chi connectivity index (χ1v) is 10.4. The number of Topliss-reactive ketones (excluding diaryl/α,β-unsaturated/α-hetero) is 1. The Kier molecular flexibility index (Phi) is 5.37. The molecule has 4 rings (SSSR count). The molecule has 0 aliphatic carbocycles. The molecule has 152 valence electrons. The van der Waals surface area contributed by atoms with E-state index in [0.29, 0.717) is 23.3 Å². The van der Waals surface area contributed by atoms with Crippen molar-refractivity contribution in [3.8, 4) is 17.0 Å². The Morgan fingerprint density at radius 3 is 2.76 bits per heavy atom. The average molecular weight is 393 g/mol. The molecule has 1 aliphatic heterocycles. The zero-order valence-corrected chi connectivity index (χ0v) is 17.1. The van der Waals surface area contributed by atoms with Crippen molar-refractivity contribution < 1.29 is 9.90 Å². The highest BCUT2D eigenvalue weighted by atomic mass is 16.3. The van der Waals surface area contributed by atoms with Crippen LogP contribution in [0.4, 0.5) is 0 Å². The van der Waals surface area contributed by atoms with Gasteiger partial charge in [-0.25, -0.2) is 4.98 Å². The van der Waals surface area contributed by atoms with Gasteiger partial charge in [-0.05, 0) is 68.5 Å². The highest BCUT2D eigenvalue weighted by Gasteiger charge is 2.34. The second-order valence-corrected chi connectivity index (χ2v) is 8.28. The number of aromatic hydroxyl groups is 1. The third-order valence-corrected chi connectivity index (χ3v) is 6.04. The van der Waals surface area contributed by atoms with Crippen molar-refractivity contribution in [3.63, 3.8) is 0 Å². The fourth-order valence-electron chi connectivity index (χ4n) is 4.62. The summed E-state index contributed by atoms with van der Waals surface area (Å²) in [5, 5.41) is 21.2. The summed E-state index contributed by atoms with van der Waals surface area (Å²) in [5.41, 5.74) is 3.67. The number of rotatable bonds is 6. The molecule has 29 heavy (non-hydrogen) atoms. The standard InChI is InChI=1S/C23H28N4O2/c1-3-9-23(10-4-11-24-14-23)13-20(29)18-12-19(16-5-7-17(28)8-6-16)25-22-21(18)15(2)26-27-22/h5-8,12,24,28H,3-4,9-11,13-14H2,1-2H3,(H,25,26,27). The van der Waals surface area contributed by atoms with E-state index in [9.17, 15) is 9.90 Å². The Morgan fingerprint density at radius 1 is 1.28 bits per heavy atom. The molecule has 0 saturated carbocycles. The lowest BCUT2D eigenvalue weighted by atomic mass is 9.72. The number of carbonyl (C=O) groups excluding carboxylic acids is 1. The summed E-state index contributed by atoms with van der Waals surface area (Å²) in [5.74, 6) is 0.354. The molecule has 6 nitrogen and oxygen atoms in total. The second-order valence-electron chi connectivity index (χ2n) is 8.28. The monoisotopic (exact) mass is 392 g/mol. The lowest BCUT2D eigenvalue weighted by Gasteiger charge is -2.37. The maximum Gasteiger partial charge on any atom is 0.182 e. The number of fused-ring (bicyclic) bond motifs is 1. The van der Waals surface area contributed by atoms with Gasteiger partial charge in [-0.2, -0.15) is 5.10 Å². The predicted molar refractivity (Wildman–Crippen MR) is 114 cm³/mol. The number of H-pyrrole nitrogens is 1. The van der Waals surface area contributed by atoms with Gasteiger partial charge in [-0.3, -0.25) is 9.89 Å². The lowest BCUT2D eigenvalue weighted by molar-refractivity contribution is 0.0861. The molecule has 3 aromatic rings. The Bertz CT molecular complexity index is 1010. The number of phenols is 1. The van der Waals surface area contributed by atoms with Crippen molar-refractivity contribution in [2.24, 2.45) is 5.41 Å². The van der Waals surface area contributed by atoms with Crippen LogP contribution in [0.5, 0.6) is 5.75 Å². The minimum atomic E-state index is 0.0238. The fraction of sp³-hybridized carbons (Fsp3) is 0.435. The Balaban J connectivity index is 1.76. The highest BCUT2D eigenvalue weighted by Crippen LogP contribution is 2.37. The summed E-state index contributed by atoms with van der Waals surface area (Å²) >= 11 is 0. The number of hydrogen-bond donors (Lipinski definition) is 3. The Morgan fingerprint density at radius 2 is 2.07 bits per heavy atom. The Labute approximate surface area is 170 Å². The van der Waals surface area contributed by atoms with Crippen LogP contribution in [0.15, 0.2) is 30.3 Å². The van der Waals surface area contributed by atoms with E-state index in [1.165, 1.54) is 0 Å².